The van der Waals surface area contributed by atoms with Gasteiger partial charge in [-0.05, 0) is 17.5 Å². The van der Waals surface area contributed by atoms with E-state index in [4.69, 9.17) is 0 Å². The fraction of sp³-hybridized carbons (Fsp3) is 0.214. The van der Waals surface area contributed by atoms with Crippen LogP contribution >= 0.6 is 0 Å². The fourth-order valence-electron chi connectivity index (χ4n) is 2.02. The number of fused-ring (bicyclic) bond motifs is 1. The molecule has 2 rings (SSSR count). The van der Waals surface area contributed by atoms with Gasteiger partial charge in [-0.1, -0.05) is 24.3 Å². The summed E-state index contributed by atoms with van der Waals surface area (Å²) >= 11 is 0. The lowest BCUT2D eigenvalue weighted by atomic mass is 10.0. The highest BCUT2D eigenvalue weighted by Gasteiger charge is 2.12. The third-order valence-electron chi connectivity index (χ3n) is 2.84. The van der Waals surface area contributed by atoms with Crippen LogP contribution in [0, 0.1) is 0 Å². The molecule has 0 heterocycles. The maximum Gasteiger partial charge on any atom is 0.251 e. The van der Waals surface area contributed by atoms with E-state index in [-0.39, 0.29) is 5.91 Å². The maximum atomic E-state index is 11.9. The van der Waals surface area contributed by atoms with Gasteiger partial charge in [-0.25, -0.2) is 0 Å². The fourth-order valence-corrected chi connectivity index (χ4v) is 2.02. The summed E-state index contributed by atoms with van der Waals surface area (Å²) in [4.78, 5) is 13.9. The second kappa shape index (κ2) is 4.45. The van der Waals surface area contributed by atoms with Gasteiger partial charge in [-0.15, -0.1) is 0 Å². The molecule has 0 fully saturated rings. The molecule has 3 nitrogen and oxygen atoms in total. The van der Waals surface area contributed by atoms with Gasteiger partial charge in [0.1, 0.15) is 0 Å². The van der Waals surface area contributed by atoms with E-state index in [2.05, 4.69) is 5.32 Å². The summed E-state index contributed by atoms with van der Waals surface area (Å²) in [6.07, 6.45) is 0. The highest BCUT2D eigenvalue weighted by molar-refractivity contribution is 6.11. The number of carbonyl (C=O) groups is 1. The van der Waals surface area contributed by atoms with E-state index in [0.29, 0.717) is 5.56 Å². The van der Waals surface area contributed by atoms with Gasteiger partial charge in [-0.3, -0.25) is 4.79 Å². The summed E-state index contributed by atoms with van der Waals surface area (Å²) in [6, 6.07) is 11.8. The highest BCUT2D eigenvalue weighted by atomic mass is 16.1. The van der Waals surface area contributed by atoms with E-state index in [1.807, 2.05) is 55.4 Å². The average Bonchev–Trinajstić information content (AvgIpc) is 2.36. The Bertz CT molecular complexity index is 556. The van der Waals surface area contributed by atoms with Crippen LogP contribution < -0.4 is 10.2 Å². The van der Waals surface area contributed by atoms with Crippen molar-refractivity contribution in [2.45, 2.75) is 0 Å². The molecule has 0 aliphatic carbocycles. The van der Waals surface area contributed by atoms with E-state index in [1.165, 1.54) is 0 Å². The molecule has 0 atom stereocenters. The molecule has 0 unspecified atom stereocenters. The van der Waals surface area contributed by atoms with E-state index in [9.17, 15) is 4.79 Å². The lowest BCUT2D eigenvalue weighted by Gasteiger charge is -2.17. The van der Waals surface area contributed by atoms with Crippen LogP contribution in [0.1, 0.15) is 10.4 Å². The Morgan fingerprint density at radius 3 is 2.35 bits per heavy atom. The van der Waals surface area contributed by atoms with Gasteiger partial charge in [-0.2, -0.15) is 0 Å². The van der Waals surface area contributed by atoms with Gasteiger partial charge in [0.15, 0.2) is 0 Å². The number of hydrogen-bond acceptors (Lipinski definition) is 2. The normalized spacial score (nSPS) is 10.3. The number of anilines is 1. The van der Waals surface area contributed by atoms with Gasteiger partial charge in [0, 0.05) is 37.8 Å². The van der Waals surface area contributed by atoms with Crippen LogP contribution in [0.3, 0.4) is 0 Å². The Hall–Kier alpha value is -2.03. The minimum Gasteiger partial charge on any atom is -0.377 e. The molecule has 2 aromatic rings. The smallest absolute Gasteiger partial charge is 0.251 e. The van der Waals surface area contributed by atoms with Crippen molar-refractivity contribution in [3.63, 3.8) is 0 Å². The van der Waals surface area contributed by atoms with Crippen LogP contribution in [0.15, 0.2) is 36.4 Å². The van der Waals surface area contributed by atoms with Crippen LogP contribution in [-0.4, -0.2) is 27.1 Å². The van der Waals surface area contributed by atoms with Gasteiger partial charge >= 0.3 is 0 Å². The Morgan fingerprint density at radius 1 is 1.12 bits per heavy atom. The van der Waals surface area contributed by atoms with E-state index >= 15 is 0 Å². The van der Waals surface area contributed by atoms with Crippen molar-refractivity contribution < 1.29 is 4.79 Å². The van der Waals surface area contributed by atoms with Crippen molar-refractivity contribution in [1.29, 1.82) is 0 Å². The standard InChI is InChI=1S/C14H16N2O/c1-15-14(17)11-8-4-6-10-7-5-9-12(13(10)11)16(2)3/h4-9H,1-3H3,(H,15,17). The second-order valence-corrected chi connectivity index (χ2v) is 4.15. The molecule has 0 aliphatic heterocycles. The molecule has 0 saturated heterocycles. The van der Waals surface area contributed by atoms with Crippen LogP contribution in [0.4, 0.5) is 5.69 Å². The number of benzene rings is 2. The summed E-state index contributed by atoms with van der Waals surface area (Å²) in [5, 5.41) is 4.76. The molecular formula is C14H16N2O. The summed E-state index contributed by atoms with van der Waals surface area (Å²) < 4.78 is 0. The van der Waals surface area contributed by atoms with Crippen molar-refractivity contribution in [2.75, 3.05) is 26.0 Å². The average molecular weight is 228 g/mol. The zero-order chi connectivity index (χ0) is 12.4. The first kappa shape index (κ1) is 11.5. The summed E-state index contributed by atoms with van der Waals surface area (Å²) in [5.74, 6) is -0.0510. The lowest BCUT2D eigenvalue weighted by Crippen LogP contribution is -2.19. The zero-order valence-electron chi connectivity index (χ0n) is 10.3. The number of nitrogens with one attached hydrogen (secondary N) is 1. The van der Waals surface area contributed by atoms with Gasteiger partial charge in [0.2, 0.25) is 0 Å². The van der Waals surface area contributed by atoms with E-state index in [0.717, 1.165) is 16.5 Å². The molecule has 1 amide bonds. The van der Waals surface area contributed by atoms with Crippen molar-refractivity contribution in [3.05, 3.63) is 42.0 Å². The van der Waals surface area contributed by atoms with Crippen molar-refractivity contribution >= 4 is 22.4 Å². The van der Waals surface area contributed by atoms with Crippen LogP contribution in [0.25, 0.3) is 10.8 Å². The molecule has 3 heteroatoms. The maximum absolute atomic E-state index is 11.9. The third kappa shape index (κ3) is 1.96. The lowest BCUT2D eigenvalue weighted by molar-refractivity contribution is 0.0965. The molecule has 2 aromatic carbocycles. The predicted octanol–water partition coefficient (Wildman–Crippen LogP) is 2.27. The quantitative estimate of drug-likeness (QED) is 0.855. The number of amides is 1. The first-order chi connectivity index (χ1) is 8.15. The molecule has 88 valence electrons. The first-order valence-electron chi connectivity index (χ1n) is 5.56. The van der Waals surface area contributed by atoms with Crippen molar-refractivity contribution in [3.8, 4) is 0 Å². The van der Waals surface area contributed by atoms with Crippen LogP contribution in [0.2, 0.25) is 0 Å². The Balaban J connectivity index is 2.80. The molecule has 1 N–H and O–H groups in total. The topological polar surface area (TPSA) is 32.3 Å². The summed E-state index contributed by atoms with van der Waals surface area (Å²) in [7, 11) is 5.62. The molecule has 17 heavy (non-hydrogen) atoms. The molecule has 0 aromatic heterocycles. The number of carbonyl (C=O) groups excluding carboxylic acids is 1. The molecule has 0 aliphatic rings. The third-order valence-corrected chi connectivity index (χ3v) is 2.84. The van der Waals surface area contributed by atoms with Gasteiger partial charge < -0.3 is 10.2 Å². The Kier molecular flexibility index (Phi) is 3.00. The number of rotatable bonds is 2. The molecule has 0 saturated carbocycles. The van der Waals surface area contributed by atoms with Gasteiger partial charge in [0.05, 0.1) is 0 Å². The first-order valence-corrected chi connectivity index (χ1v) is 5.56. The van der Waals surface area contributed by atoms with E-state index < -0.39 is 0 Å². The molecule has 0 radical (unpaired) electrons. The van der Waals surface area contributed by atoms with Crippen molar-refractivity contribution in [2.24, 2.45) is 0 Å². The Labute approximate surface area is 101 Å². The largest absolute Gasteiger partial charge is 0.377 e. The Morgan fingerprint density at radius 2 is 1.76 bits per heavy atom. The second-order valence-electron chi connectivity index (χ2n) is 4.15. The number of hydrogen-bond donors (Lipinski definition) is 1. The summed E-state index contributed by atoms with van der Waals surface area (Å²) in [6.45, 7) is 0. The monoisotopic (exact) mass is 228 g/mol. The molecule has 0 bridgehead atoms. The molecular weight excluding hydrogens is 212 g/mol. The summed E-state index contributed by atoms with van der Waals surface area (Å²) in [5.41, 5.74) is 1.77. The van der Waals surface area contributed by atoms with Crippen molar-refractivity contribution in [1.82, 2.24) is 5.32 Å². The number of nitrogens with zero attached hydrogens (tertiary/aromatic N) is 1. The zero-order valence-corrected chi connectivity index (χ0v) is 10.3. The van der Waals surface area contributed by atoms with Gasteiger partial charge in [0.25, 0.3) is 5.91 Å². The minimum absolute atomic E-state index is 0.0510. The van der Waals surface area contributed by atoms with Crippen LogP contribution in [0.5, 0.6) is 0 Å². The van der Waals surface area contributed by atoms with Crippen LogP contribution in [-0.2, 0) is 0 Å². The predicted molar refractivity (Wildman–Crippen MR) is 71.7 cm³/mol. The molecule has 0 spiro atoms. The van der Waals surface area contributed by atoms with E-state index in [1.54, 1.807) is 7.05 Å². The highest BCUT2D eigenvalue weighted by Crippen LogP contribution is 2.28. The SMILES string of the molecule is CNC(=O)c1cccc2cccc(N(C)C)c12. The minimum atomic E-state index is -0.0510.